The van der Waals surface area contributed by atoms with E-state index in [0.29, 0.717) is 17.2 Å². The molecule has 0 aliphatic carbocycles. The highest BCUT2D eigenvalue weighted by atomic mass is 19.1. The van der Waals surface area contributed by atoms with Crippen LogP contribution in [0.2, 0.25) is 0 Å². The maximum absolute atomic E-state index is 13.2. The molecule has 0 amide bonds. The van der Waals surface area contributed by atoms with E-state index in [1.165, 1.54) is 12.1 Å². The number of carbonyl (C=O) groups is 3. The Bertz CT molecular complexity index is 1300. The lowest BCUT2D eigenvalue weighted by Crippen LogP contribution is -2.42. The van der Waals surface area contributed by atoms with Gasteiger partial charge in [-0.25, -0.2) is 9.18 Å². The number of benzene rings is 2. The van der Waals surface area contributed by atoms with Gasteiger partial charge in [0.1, 0.15) is 11.6 Å². The molecule has 1 atom stereocenters. The van der Waals surface area contributed by atoms with E-state index in [2.05, 4.69) is 10.3 Å². The van der Waals surface area contributed by atoms with Crippen molar-refractivity contribution >= 4 is 34.5 Å². The molecule has 0 saturated carbocycles. The number of aliphatic carboxylic acids is 3. The van der Waals surface area contributed by atoms with Crippen molar-refractivity contribution in [1.82, 2.24) is 4.98 Å². The van der Waals surface area contributed by atoms with Crippen LogP contribution in [-0.4, -0.2) is 68.6 Å². The Morgan fingerprint density at radius 1 is 1.10 bits per heavy atom. The van der Waals surface area contributed by atoms with Gasteiger partial charge in [0.15, 0.2) is 17.1 Å². The van der Waals surface area contributed by atoms with Gasteiger partial charge in [0.2, 0.25) is 0 Å². The van der Waals surface area contributed by atoms with Crippen molar-refractivity contribution in [1.29, 1.82) is 0 Å². The summed E-state index contributed by atoms with van der Waals surface area (Å²) < 4.78 is 24.7. The van der Waals surface area contributed by atoms with Gasteiger partial charge in [0.25, 0.3) is 0 Å². The molecule has 0 spiro atoms. The zero-order valence-corrected chi connectivity index (χ0v) is 22.0. The summed E-state index contributed by atoms with van der Waals surface area (Å²) >= 11 is 0. The summed E-state index contributed by atoms with van der Waals surface area (Å²) in [4.78, 5) is 35.0. The Morgan fingerprint density at radius 3 is 2.25 bits per heavy atom. The first-order valence-electron chi connectivity index (χ1n) is 12.1. The Kier molecular flexibility index (Phi) is 11.6. The van der Waals surface area contributed by atoms with Crippen molar-refractivity contribution in [2.24, 2.45) is 5.73 Å². The van der Waals surface area contributed by atoms with Crippen LogP contribution in [0, 0.1) is 5.82 Å². The van der Waals surface area contributed by atoms with Gasteiger partial charge in [-0.1, -0.05) is 0 Å². The van der Waals surface area contributed by atoms with Gasteiger partial charge in [0, 0.05) is 30.2 Å². The number of nitrogens with one attached hydrogen (secondary N) is 1. The first-order valence-corrected chi connectivity index (χ1v) is 12.1. The minimum atomic E-state index is -2.74. The third-order valence-electron chi connectivity index (χ3n) is 5.50. The van der Waals surface area contributed by atoms with Crippen molar-refractivity contribution in [2.75, 3.05) is 19.0 Å². The van der Waals surface area contributed by atoms with Gasteiger partial charge < -0.3 is 41.0 Å². The zero-order chi connectivity index (χ0) is 29.9. The Hall–Kier alpha value is -4.49. The molecule has 0 aliphatic heterocycles. The molecule has 216 valence electrons. The molecule has 2 aromatic carbocycles. The lowest BCUT2D eigenvalue weighted by Gasteiger charge is -2.18. The summed E-state index contributed by atoms with van der Waals surface area (Å²) in [7, 11) is 1.59. The molecule has 1 heterocycles. The largest absolute Gasteiger partial charge is 0.493 e. The number of fused-ring (bicyclic) bond motifs is 1. The number of methoxy groups -OCH3 is 1. The van der Waals surface area contributed by atoms with Crippen molar-refractivity contribution in [3.05, 3.63) is 54.5 Å². The maximum Gasteiger partial charge on any atom is 0.336 e. The monoisotopic (exact) mass is 561 g/mol. The molecular weight excluding hydrogens is 529 g/mol. The number of hydrogen-bond donors (Lipinski definition) is 6. The standard InChI is InChI=1S/C21H24FN3O2.C6H8O7/c1-14(23)5-3-11-24-18-13-19(26-2)21(17-6-4-12-25-20(17)18)27-16-9-7-15(22)8-10-16;7-3(8)1-6(13,5(11)12)2-4(9)10/h4,6-10,12-14,24H,3,5,11,23H2,1-2H3;13H,1-2H2,(H,7,8)(H,9,10)(H,11,12). The summed E-state index contributed by atoms with van der Waals surface area (Å²) in [5.74, 6) is -3.68. The SMILES string of the molecule is COc1cc(NCCCC(C)N)c2ncccc2c1Oc1ccc(F)cc1.O=C(O)CC(O)(CC(=O)O)C(=O)O. The van der Waals surface area contributed by atoms with E-state index < -0.39 is 36.4 Å². The zero-order valence-electron chi connectivity index (χ0n) is 22.0. The van der Waals surface area contributed by atoms with Crippen LogP contribution in [0.15, 0.2) is 48.7 Å². The number of hydrogen-bond acceptors (Lipinski definition) is 9. The number of pyridine rings is 1. The lowest BCUT2D eigenvalue weighted by molar-refractivity contribution is -0.170. The fourth-order valence-corrected chi connectivity index (χ4v) is 3.57. The molecule has 0 radical (unpaired) electrons. The molecular formula is C27H32FN3O9. The number of halogens is 1. The second-order valence-electron chi connectivity index (χ2n) is 8.94. The summed E-state index contributed by atoms with van der Waals surface area (Å²) in [6.45, 7) is 2.79. The molecule has 3 rings (SSSR count). The quantitative estimate of drug-likeness (QED) is 0.166. The van der Waals surface area contributed by atoms with Gasteiger partial charge >= 0.3 is 17.9 Å². The van der Waals surface area contributed by atoms with Crippen LogP contribution in [0.1, 0.15) is 32.6 Å². The van der Waals surface area contributed by atoms with Crippen LogP contribution in [-0.2, 0) is 14.4 Å². The van der Waals surface area contributed by atoms with Crippen molar-refractivity contribution in [2.45, 2.75) is 44.2 Å². The fraction of sp³-hybridized carbons (Fsp3) is 0.333. The number of aliphatic hydroxyl groups is 1. The van der Waals surface area contributed by atoms with E-state index in [0.717, 1.165) is 36.0 Å². The second-order valence-corrected chi connectivity index (χ2v) is 8.94. The molecule has 7 N–H and O–H groups in total. The van der Waals surface area contributed by atoms with E-state index in [9.17, 15) is 18.8 Å². The van der Waals surface area contributed by atoms with Gasteiger partial charge in [0.05, 0.1) is 31.2 Å². The number of ether oxygens (including phenoxy) is 2. The Morgan fingerprint density at radius 2 is 1.73 bits per heavy atom. The molecule has 13 heteroatoms. The minimum absolute atomic E-state index is 0.183. The Balaban J connectivity index is 0.000000366. The molecule has 0 aliphatic rings. The number of rotatable bonds is 13. The number of nitrogens with zero attached hydrogens (tertiary/aromatic N) is 1. The molecule has 1 unspecified atom stereocenters. The van der Waals surface area contributed by atoms with Crippen LogP contribution in [0.3, 0.4) is 0 Å². The van der Waals surface area contributed by atoms with Crippen molar-refractivity contribution in [3.63, 3.8) is 0 Å². The second kappa shape index (κ2) is 14.6. The van der Waals surface area contributed by atoms with Crippen LogP contribution in [0.5, 0.6) is 17.2 Å². The number of nitrogens with two attached hydrogens (primary N) is 1. The molecule has 0 saturated heterocycles. The smallest absolute Gasteiger partial charge is 0.336 e. The van der Waals surface area contributed by atoms with Gasteiger partial charge in [-0.15, -0.1) is 0 Å². The predicted octanol–water partition coefficient (Wildman–Crippen LogP) is 3.47. The van der Waals surface area contributed by atoms with E-state index >= 15 is 0 Å². The summed E-state index contributed by atoms with van der Waals surface area (Å²) in [5.41, 5.74) is 4.73. The van der Waals surface area contributed by atoms with E-state index in [1.807, 2.05) is 25.1 Å². The van der Waals surface area contributed by atoms with Crippen molar-refractivity contribution in [3.8, 4) is 17.2 Å². The van der Waals surface area contributed by atoms with Crippen LogP contribution in [0.4, 0.5) is 10.1 Å². The molecule has 3 aromatic rings. The van der Waals surface area contributed by atoms with Crippen LogP contribution < -0.4 is 20.5 Å². The Labute approximate surface area is 229 Å². The topological polar surface area (TPSA) is 202 Å². The average molecular weight is 562 g/mol. The molecule has 40 heavy (non-hydrogen) atoms. The van der Waals surface area contributed by atoms with E-state index in [-0.39, 0.29) is 11.9 Å². The fourth-order valence-electron chi connectivity index (χ4n) is 3.57. The normalized spacial score (nSPS) is 11.6. The molecule has 1 aromatic heterocycles. The van der Waals surface area contributed by atoms with Crippen LogP contribution >= 0.6 is 0 Å². The molecule has 0 bridgehead atoms. The average Bonchev–Trinajstić information content (AvgIpc) is 2.88. The van der Waals surface area contributed by atoms with Gasteiger partial charge in [-0.3, -0.25) is 14.6 Å². The first kappa shape index (κ1) is 31.7. The third kappa shape index (κ3) is 9.36. The van der Waals surface area contributed by atoms with Crippen LogP contribution in [0.25, 0.3) is 10.9 Å². The van der Waals surface area contributed by atoms with Gasteiger partial charge in [-0.05, 0) is 56.2 Å². The molecule has 0 fully saturated rings. The molecule has 12 nitrogen and oxygen atoms in total. The number of anilines is 1. The van der Waals surface area contributed by atoms with Gasteiger partial charge in [-0.2, -0.15) is 0 Å². The number of carboxylic acids is 3. The lowest BCUT2D eigenvalue weighted by atomic mass is 9.96. The first-order chi connectivity index (χ1) is 18.9. The summed E-state index contributed by atoms with van der Waals surface area (Å²) in [5, 5.41) is 38.0. The summed E-state index contributed by atoms with van der Waals surface area (Å²) in [6.07, 6.45) is 1.36. The van der Waals surface area contributed by atoms with E-state index in [4.69, 9.17) is 35.6 Å². The number of aromatic nitrogens is 1. The minimum Gasteiger partial charge on any atom is -0.493 e. The predicted molar refractivity (Wildman–Crippen MR) is 143 cm³/mol. The van der Waals surface area contributed by atoms with Crippen molar-refractivity contribution < 1.29 is 48.7 Å². The summed E-state index contributed by atoms with van der Waals surface area (Å²) in [6, 6.07) is 11.7. The maximum atomic E-state index is 13.2. The highest BCUT2D eigenvalue weighted by Gasteiger charge is 2.40. The highest BCUT2D eigenvalue weighted by Crippen LogP contribution is 2.41. The number of carboxylic acid groups (broad SMARTS) is 3. The van der Waals surface area contributed by atoms with E-state index in [1.54, 1.807) is 25.4 Å². The highest BCUT2D eigenvalue weighted by molar-refractivity contribution is 5.97. The third-order valence-corrected chi connectivity index (χ3v) is 5.50.